The fourth-order valence-corrected chi connectivity index (χ4v) is 3.21. The highest BCUT2D eigenvalue weighted by molar-refractivity contribution is 5.69. The fourth-order valence-electron chi connectivity index (χ4n) is 3.21. The van der Waals surface area contributed by atoms with E-state index >= 15 is 0 Å². The lowest BCUT2D eigenvalue weighted by atomic mass is 9.96. The van der Waals surface area contributed by atoms with Crippen LogP contribution in [-0.2, 0) is 11.3 Å². The van der Waals surface area contributed by atoms with Crippen molar-refractivity contribution in [1.29, 1.82) is 5.26 Å². The molecule has 4 nitrogen and oxygen atoms in total. The van der Waals surface area contributed by atoms with E-state index in [2.05, 4.69) is 18.2 Å². The first-order valence-corrected chi connectivity index (χ1v) is 8.17. The predicted molar refractivity (Wildman–Crippen MR) is 91.2 cm³/mol. The number of hydrogen-bond donors (Lipinski definition) is 0. The van der Waals surface area contributed by atoms with E-state index in [1.807, 2.05) is 48.5 Å². The van der Waals surface area contributed by atoms with Crippen molar-refractivity contribution in [2.45, 2.75) is 31.4 Å². The average Bonchev–Trinajstić information content (AvgIpc) is 3.06. The first kappa shape index (κ1) is 16.1. The third-order valence-corrected chi connectivity index (χ3v) is 4.45. The Labute approximate surface area is 142 Å². The minimum atomic E-state index is -0.336. The zero-order chi connectivity index (χ0) is 16.8. The monoisotopic (exact) mass is 320 g/mol. The van der Waals surface area contributed by atoms with E-state index in [4.69, 9.17) is 10.00 Å². The Kier molecular flexibility index (Phi) is 5.12. The smallest absolute Gasteiger partial charge is 0.410 e. The van der Waals surface area contributed by atoms with Gasteiger partial charge in [0.2, 0.25) is 0 Å². The highest BCUT2D eigenvalue weighted by atomic mass is 16.6. The summed E-state index contributed by atoms with van der Waals surface area (Å²) in [5.74, 6) is 0.258. The molecular formula is C20H20N2O2. The summed E-state index contributed by atoms with van der Waals surface area (Å²) in [7, 11) is 0. The molecule has 1 amide bonds. The maximum Gasteiger partial charge on any atom is 0.410 e. The summed E-state index contributed by atoms with van der Waals surface area (Å²) in [4.78, 5) is 14.2. The van der Waals surface area contributed by atoms with Crippen LogP contribution >= 0.6 is 0 Å². The molecule has 1 aliphatic rings. The van der Waals surface area contributed by atoms with Crippen molar-refractivity contribution in [2.24, 2.45) is 0 Å². The summed E-state index contributed by atoms with van der Waals surface area (Å²) in [6.45, 7) is 0.857. The highest BCUT2D eigenvalue weighted by Crippen LogP contribution is 2.33. The Morgan fingerprint density at radius 3 is 2.46 bits per heavy atom. The van der Waals surface area contributed by atoms with Gasteiger partial charge in [0.05, 0.1) is 12.5 Å². The molecule has 24 heavy (non-hydrogen) atoms. The van der Waals surface area contributed by atoms with Gasteiger partial charge in [-0.15, -0.1) is 0 Å². The number of rotatable bonds is 4. The van der Waals surface area contributed by atoms with Gasteiger partial charge < -0.3 is 9.64 Å². The van der Waals surface area contributed by atoms with Crippen molar-refractivity contribution in [1.82, 2.24) is 4.90 Å². The van der Waals surface area contributed by atoms with E-state index in [0.29, 0.717) is 13.0 Å². The first-order valence-electron chi connectivity index (χ1n) is 8.17. The van der Waals surface area contributed by atoms with Crippen molar-refractivity contribution < 1.29 is 9.53 Å². The quantitative estimate of drug-likeness (QED) is 0.852. The molecule has 122 valence electrons. The number of benzene rings is 2. The van der Waals surface area contributed by atoms with Gasteiger partial charge >= 0.3 is 6.09 Å². The second-order valence-electron chi connectivity index (χ2n) is 6.05. The molecule has 1 heterocycles. The molecule has 0 aromatic heterocycles. The summed E-state index contributed by atoms with van der Waals surface area (Å²) >= 11 is 0. The van der Waals surface area contributed by atoms with Crippen molar-refractivity contribution in [3.63, 3.8) is 0 Å². The van der Waals surface area contributed by atoms with Crippen molar-refractivity contribution in [3.05, 3.63) is 71.8 Å². The molecule has 1 fully saturated rings. The van der Waals surface area contributed by atoms with Gasteiger partial charge in [-0.3, -0.25) is 0 Å². The van der Waals surface area contributed by atoms with E-state index in [1.165, 1.54) is 5.56 Å². The molecule has 2 aromatic carbocycles. The van der Waals surface area contributed by atoms with Crippen LogP contribution in [0.2, 0.25) is 0 Å². The Morgan fingerprint density at radius 2 is 1.79 bits per heavy atom. The second-order valence-corrected chi connectivity index (χ2v) is 6.05. The van der Waals surface area contributed by atoms with Gasteiger partial charge in [0.15, 0.2) is 0 Å². The van der Waals surface area contributed by atoms with Crippen LogP contribution in [0.5, 0.6) is 0 Å². The summed E-state index contributed by atoms with van der Waals surface area (Å²) in [6.07, 6.45) is 0.805. The predicted octanol–water partition coefficient (Wildman–Crippen LogP) is 4.09. The third kappa shape index (κ3) is 3.75. The standard InChI is InChI=1S/C20H20N2O2/c21-12-11-19-13-18(17-9-5-2-6-10-17)14-22(19)20(23)24-15-16-7-3-1-4-8-16/h1-10,18-19H,11,13-15H2/t18-,19+/m0/s1. The maximum absolute atomic E-state index is 12.5. The van der Waals surface area contributed by atoms with Crippen molar-refractivity contribution in [2.75, 3.05) is 6.54 Å². The van der Waals surface area contributed by atoms with Gasteiger partial charge in [0.25, 0.3) is 0 Å². The Morgan fingerprint density at radius 1 is 1.12 bits per heavy atom. The number of ether oxygens (including phenoxy) is 1. The lowest BCUT2D eigenvalue weighted by Crippen LogP contribution is -2.35. The molecule has 0 unspecified atom stereocenters. The number of hydrogen-bond acceptors (Lipinski definition) is 3. The summed E-state index contributed by atoms with van der Waals surface area (Å²) in [6, 6.07) is 21.9. The SMILES string of the molecule is N#CC[C@@H]1C[C@H](c2ccccc2)CN1C(=O)OCc1ccccc1. The van der Waals surface area contributed by atoms with E-state index in [1.54, 1.807) is 4.90 Å². The molecule has 2 aromatic rings. The maximum atomic E-state index is 12.5. The molecule has 4 heteroatoms. The first-order chi connectivity index (χ1) is 11.8. The number of carbonyl (C=O) groups excluding carboxylic acids is 1. The lowest BCUT2D eigenvalue weighted by molar-refractivity contribution is 0.0924. The molecular weight excluding hydrogens is 300 g/mol. The van der Waals surface area contributed by atoms with E-state index in [-0.39, 0.29) is 24.7 Å². The minimum Gasteiger partial charge on any atom is -0.445 e. The lowest BCUT2D eigenvalue weighted by Gasteiger charge is -2.22. The van der Waals surface area contributed by atoms with E-state index < -0.39 is 0 Å². The van der Waals surface area contributed by atoms with Crippen LogP contribution in [0.4, 0.5) is 4.79 Å². The van der Waals surface area contributed by atoms with Crippen LogP contribution in [0, 0.1) is 11.3 Å². The Hall–Kier alpha value is -2.80. The van der Waals surface area contributed by atoms with Crippen LogP contribution in [0.1, 0.15) is 29.9 Å². The molecule has 0 aliphatic carbocycles. The van der Waals surface area contributed by atoms with Crippen LogP contribution < -0.4 is 0 Å². The zero-order valence-corrected chi connectivity index (χ0v) is 13.5. The highest BCUT2D eigenvalue weighted by Gasteiger charge is 2.36. The molecule has 1 aliphatic heterocycles. The summed E-state index contributed by atoms with van der Waals surface area (Å²) < 4.78 is 5.45. The van der Waals surface area contributed by atoms with Gasteiger partial charge in [-0.05, 0) is 17.5 Å². The molecule has 3 rings (SSSR count). The van der Waals surface area contributed by atoms with Crippen LogP contribution in [-0.4, -0.2) is 23.6 Å². The average molecular weight is 320 g/mol. The van der Waals surface area contributed by atoms with Crippen LogP contribution in [0.25, 0.3) is 0 Å². The molecule has 1 saturated heterocycles. The fraction of sp³-hybridized carbons (Fsp3) is 0.300. The summed E-state index contributed by atoms with van der Waals surface area (Å²) in [5, 5.41) is 9.06. The Bertz CT molecular complexity index is 709. The third-order valence-electron chi connectivity index (χ3n) is 4.45. The normalized spacial score (nSPS) is 19.7. The number of amides is 1. The number of likely N-dealkylation sites (tertiary alicyclic amines) is 1. The van der Waals surface area contributed by atoms with E-state index in [9.17, 15) is 4.79 Å². The Balaban J connectivity index is 1.66. The van der Waals surface area contributed by atoms with Crippen LogP contribution in [0.15, 0.2) is 60.7 Å². The number of nitrogens with zero attached hydrogens (tertiary/aromatic N) is 2. The van der Waals surface area contributed by atoms with Gasteiger partial charge in [-0.25, -0.2) is 4.79 Å². The molecule has 0 N–H and O–H groups in total. The largest absolute Gasteiger partial charge is 0.445 e. The molecule has 0 saturated carbocycles. The second kappa shape index (κ2) is 7.65. The van der Waals surface area contributed by atoms with Crippen molar-refractivity contribution in [3.8, 4) is 6.07 Å². The van der Waals surface area contributed by atoms with Gasteiger partial charge in [0.1, 0.15) is 6.61 Å². The molecule has 0 spiro atoms. The van der Waals surface area contributed by atoms with Crippen molar-refractivity contribution >= 4 is 6.09 Å². The van der Waals surface area contributed by atoms with Gasteiger partial charge in [-0.1, -0.05) is 60.7 Å². The number of nitriles is 1. The van der Waals surface area contributed by atoms with Gasteiger partial charge in [0, 0.05) is 18.5 Å². The minimum absolute atomic E-state index is 0.0801. The van der Waals surface area contributed by atoms with E-state index in [0.717, 1.165) is 12.0 Å². The number of carbonyl (C=O) groups is 1. The van der Waals surface area contributed by atoms with Gasteiger partial charge in [-0.2, -0.15) is 5.26 Å². The summed E-state index contributed by atoms with van der Waals surface area (Å²) in [5.41, 5.74) is 2.17. The molecule has 0 radical (unpaired) electrons. The molecule has 2 atom stereocenters. The van der Waals surface area contributed by atoms with Crippen LogP contribution in [0.3, 0.4) is 0 Å². The topological polar surface area (TPSA) is 53.3 Å². The zero-order valence-electron chi connectivity index (χ0n) is 13.5. The molecule has 0 bridgehead atoms.